The second kappa shape index (κ2) is 9.14. The highest BCUT2D eigenvalue weighted by Crippen LogP contribution is 2.35. The number of nitrogens with zero attached hydrogens (tertiary/aromatic N) is 2. The van der Waals surface area contributed by atoms with E-state index in [4.69, 9.17) is 16.3 Å². The van der Waals surface area contributed by atoms with Crippen LogP contribution in [0, 0.1) is 6.92 Å². The van der Waals surface area contributed by atoms with Crippen LogP contribution in [-0.4, -0.2) is 21.6 Å². The lowest BCUT2D eigenvalue weighted by Gasteiger charge is -2.11. The van der Waals surface area contributed by atoms with Gasteiger partial charge >= 0.3 is 0 Å². The minimum atomic E-state index is -0.314. The average Bonchev–Trinajstić information content (AvgIpc) is 3.08. The molecule has 4 rings (SSSR count). The van der Waals surface area contributed by atoms with E-state index in [-0.39, 0.29) is 24.1 Å². The van der Waals surface area contributed by atoms with Crippen LogP contribution in [0.15, 0.2) is 59.7 Å². The molecule has 2 aromatic carbocycles. The van der Waals surface area contributed by atoms with Gasteiger partial charge in [0.1, 0.15) is 17.1 Å². The monoisotopic (exact) mass is 467 g/mol. The summed E-state index contributed by atoms with van der Waals surface area (Å²) in [6.07, 6.45) is 1.49. The summed E-state index contributed by atoms with van der Waals surface area (Å²) in [5.41, 5.74) is 2.10. The van der Waals surface area contributed by atoms with Gasteiger partial charge in [-0.2, -0.15) is 0 Å². The van der Waals surface area contributed by atoms with Crippen molar-refractivity contribution in [1.29, 1.82) is 0 Å². The minimum absolute atomic E-state index is 0.0724. The predicted octanol–water partition coefficient (Wildman–Crippen LogP) is 5.51. The Bertz CT molecular complexity index is 1330. The zero-order valence-electron chi connectivity index (χ0n) is 17.9. The molecule has 0 saturated carbocycles. The van der Waals surface area contributed by atoms with E-state index in [9.17, 15) is 9.59 Å². The Labute approximate surface area is 194 Å². The number of hydrogen-bond donors (Lipinski definition) is 1. The molecule has 6 nitrogen and oxygen atoms in total. The van der Waals surface area contributed by atoms with E-state index in [1.54, 1.807) is 36.4 Å². The quantitative estimate of drug-likeness (QED) is 0.405. The van der Waals surface area contributed by atoms with Gasteiger partial charge in [0.2, 0.25) is 5.91 Å². The molecule has 0 saturated heterocycles. The number of carbonyl (C=O) groups excluding carboxylic acids is 1. The molecule has 32 heavy (non-hydrogen) atoms. The first-order chi connectivity index (χ1) is 15.3. The standard InChI is InChI=1S/C24H22ClN3O3S/c1-14(2)31-19-10-8-18(9-11-19)27-20(29)12-28-13-26-23-22(24(28)30)21(15(3)32-23)16-4-6-17(25)7-5-16/h4-11,13-14H,12H2,1-3H3,(H,27,29). The minimum Gasteiger partial charge on any atom is -0.491 e. The topological polar surface area (TPSA) is 73.2 Å². The van der Waals surface area contributed by atoms with Crippen molar-refractivity contribution in [2.45, 2.75) is 33.4 Å². The van der Waals surface area contributed by atoms with E-state index in [1.807, 2.05) is 32.9 Å². The number of carbonyl (C=O) groups is 1. The van der Waals surface area contributed by atoms with Gasteiger partial charge < -0.3 is 10.1 Å². The number of aryl methyl sites for hydroxylation is 1. The highest BCUT2D eigenvalue weighted by Gasteiger charge is 2.18. The van der Waals surface area contributed by atoms with E-state index in [0.29, 0.717) is 20.9 Å². The number of rotatable bonds is 6. The maximum Gasteiger partial charge on any atom is 0.263 e. The smallest absolute Gasteiger partial charge is 0.263 e. The van der Waals surface area contributed by atoms with Crippen LogP contribution in [0.3, 0.4) is 0 Å². The van der Waals surface area contributed by atoms with Crippen molar-refractivity contribution in [2.75, 3.05) is 5.32 Å². The Balaban J connectivity index is 1.59. The second-order valence-corrected chi connectivity index (χ2v) is 9.28. The van der Waals surface area contributed by atoms with Crippen LogP contribution in [-0.2, 0) is 11.3 Å². The summed E-state index contributed by atoms with van der Waals surface area (Å²) >= 11 is 7.47. The van der Waals surface area contributed by atoms with Gasteiger partial charge in [0.25, 0.3) is 5.56 Å². The van der Waals surface area contributed by atoms with Gasteiger partial charge in [-0.3, -0.25) is 14.2 Å². The van der Waals surface area contributed by atoms with Crippen LogP contribution in [0.5, 0.6) is 5.75 Å². The highest BCUT2D eigenvalue weighted by atomic mass is 35.5. The van der Waals surface area contributed by atoms with Crippen LogP contribution >= 0.6 is 22.9 Å². The largest absolute Gasteiger partial charge is 0.491 e. The van der Waals surface area contributed by atoms with Crippen molar-refractivity contribution in [1.82, 2.24) is 9.55 Å². The molecule has 0 aliphatic carbocycles. The maximum atomic E-state index is 13.2. The van der Waals surface area contributed by atoms with Gasteiger partial charge in [0.05, 0.1) is 17.8 Å². The van der Waals surface area contributed by atoms with E-state index >= 15 is 0 Å². The molecule has 0 spiro atoms. The maximum absolute atomic E-state index is 13.2. The lowest BCUT2D eigenvalue weighted by molar-refractivity contribution is -0.116. The fourth-order valence-electron chi connectivity index (χ4n) is 3.46. The fraction of sp³-hybridized carbons (Fsp3) is 0.208. The van der Waals surface area contributed by atoms with Crippen molar-refractivity contribution in [3.8, 4) is 16.9 Å². The summed E-state index contributed by atoms with van der Waals surface area (Å²) in [4.78, 5) is 31.9. The Morgan fingerprint density at radius 3 is 2.50 bits per heavy atom. The molecular weight excluding hydrogens is 446 g/mol. The molecule has 0 radical (unpaired) electrons. The molecule has 2 heterocycles. The van der Waals surface area contributed by atoms with Gasteiger partial charge in [-0.05, 0) is 62.7 Å². The number of benzene rings is 2. The van der Waals surface area contributed by atoms with Crippen LogP contribution in [0.1, 0.15) is 18.7 Å². The number of nitrogens with one attached hydrogen (secondary N) is 1. The number of amides is 1. The van der Waals surface area contributed by atoms with Crippen molar-refractivity contribution in [3.05, 3.63) is 75.1 Å². The van der Waals surface area contributed by atoms with Crippen molar-refractivity contribution in [3.63, 3.8) is 0 Å². The number of ether oxygens (including phenoxy) is 1. The first kappa shape index (κ1) is 22.0. The van der Waals surface area contributed by atoms with E-state index in [1.165, 1.54) is 22.2 Å². The van der Waals surface area contributed by atoms with E-state index < -0.39 is 0 Å². The number of hydrogen-bond acceptors (Lipinski definition) is 5. The van der Waals surface area contributed by atoms with E-state index in [0.717, 1.165) is 21.8 Å². The fourth-order valence-corrected chi connectivity index (χ4v) is 4.59. The lowest BCUT2D eigenvalue weighted by atomic mass is 10.0. The lowest BCUT2D eigenvalue weighted by Crippen LogP contribution is -2.27. The molecule has 4 aromatic rings. The van der Waals surface area contributed by atoms with Crippen LogP contribution in [0.25, 0.3) is 21.3 Å². The molecule has 0 aliphatic heterocycles. The van der Waals surface area contributed by atoms with Crippen LogP contribution < -0.4 is 15.6 Å². The molecule has 164 valence electrons. The highest BCUT2D eigenvalue weighted by molar-refractivity contribution is 7.19. The first-order valence-electron chi connectivity index (χ1n) is 10.1. The third-order valence-corrected chi connectivity index (χ3v) is 6.08. The second-order valence-electron chi connectivity index (χ2n) is 7.64. The van der Waals surface area contributed by atoms with Crippen LogP contribution in [0.2, 0.25) is 5.02 Å². The number of fused-ring (bicyclic) bond motifs is 1. The van der Waals surface area contributed by atoms with E-state index in [2.05, 4.69) is 10.3 Å². The molecule has 8 heteroatoms. The Kier molecular flexibility index (Phi) is 6.30. The summed E-state index contributed by atoms with van der Waals surface area (Å²) < 4.78 is 6.94. The number of anilines is 1. The van der Waals surface area contributed by atoms with Crippen molar-refractivity contribution >= 4 is 44.7 Å². The number of aromatic nitrogens is 2. The zero-order chi connectivity index (χ0) is 22.8. The molecule has 0 unspecified atom stereocenters. The van der Waals surface area contributed by atoms with Crippen molar-refractivity contribution in [2.24, 2.45) is 0 Å². The average molecular weight is 468 g/mol. The molecule has 2 aromatic heterocycles. The number of thiophene rings is 1. The van der Waals surface area contributed by atoms with Gasteiger partial charge in [0.15, 0.2) is 0 Å². The molecule has 1 amide bonds. The molecule has 0 atom stereocenters. The Morgan fingerprint density at radius 1 is 1.16 bits per heavy atom. The third kappa shape index (κ3) is 4.69. The molecule has 0 fully saturated rings. The van der Waals surface area contributed by atoms with Gasteiger partial charge in [-0.1, -0.05) is 23.7 Å². The van der Waals surface area contributed by atoms with Gasteiger partial charge in [-0.25, -0.2) is 4.98 Å². The summed E-state index contributed by atoms with van der Waals surface area (Å²) in [6, 6.07) is 14.5. The predicted molar refractivity (Wildman–Crippen MR) is 130 cm³/mol. The SMILES string of the molecule is Cc1sc2ncn(CC(=O)Nc3ccc(OC(C)C)cc3)c(=O)c2c1-c1ccc(Cl)cc1. The summed E-state index contributed by atoms with van der Waals surface area (Å²) in [6.45, 7) is 5.72. The van der Waals surface area contributed by atoms with Crippen LogP contribution in [0.4, 0.5) is 5.69 Å². The summed E-state index contributed by atoms with van der Waals surface area (Å²) in [5.74, 6) is 0.414. The first-order valence-corrected chi connectivity index (χ1v) is 11.3. The molecule has 0 bridgehead atoms. The number of halogens is 1. The Morgan fingerprint density at radius 2 is 1.84 bits per heavy atom. The molecular formula is C24H22ClN3O3S. The zero-order valence-corrected chi connectivity index (χ0v) is 19.5. The normalized spacial score (nSPS) is 11.2. The van der Waals surface area contributed by atoms with Gasteiger partial charge in [0, 0.05) is 21.2 Å². The summed E-state index contributed by atoms with van der Waals surface area (Å²) in [7, 11) is 0. The van der Waals surface area contributed by atoms with Crippen molar-refractivity contribution < 1.29 is 9.53 Å². The Hall–Kier alpha value is -3.16. The third-order valence-electron chi connectivity index (χ3n) is 4.81. The summed E-state index contributed by atoms with van der Waals surface area (Å²) in [5, 5.41) is 3.95. The molecule has 1 N–H and O–H groups in total. The molecule has 0 aliphatic rings. The van der Waals surface area contributed by atoms with Gasteiger partial charge in [-0.15, -0.1) is 11.3 Å².